The molecule has 0 aliphatic heterocycles. The van der Waals surface area contributed by atoms with Gasteiger partial charge in [-0.2, -0.15) is 0 Å². The van der Waals surface area contributed by atoms with Crippen LogP contribution in [0.15, 0.2) is 53.9 Å². The van der Waals surface area contributed by atoms with E-state index in [9.17, 15) is 4.79 Å². The summed E-state index contributed by atoms with van der Waals surface area (Å²) in [4.78, 5) is 16.6. The van der Waals surface area contributed by atoms with Crippen molar-refractivity contribution in [2.75, 3.05) is 11.1 Å². The lowest BCUT2D eigenvalue weighted by Gasteiger charge is -2.11. The molecule has 4 nitrogen and oxygen atoms in total. The maximum absolute atomic E-state index is 12.3. The van der Waals surface area contributed by atoms with Crippen molar-refractivity contribution in [2.24, 2.45) is 0 Å². The SMILES string of the molecule is Cc1ccc(-n2ccnc2SCC(=O)Nc2ccc(C)c(Cl)c2)c(C)c1. The van der Waals surface area contributed by atoms with E-state index in [1.807, 2.05) is 29.8 Å². The van der Waals surface area contributed by atoms with E-state index in [0.29, 0.717) is 10.7 Å². The maximum Gasteiger partial charge on any atom is 0.234 e. The lowest BCUT2D eigenvalue weighted by atomic mass is 10.1. The smallest absolute Gasteiger partial charge is 0.234 e. The second-order valence-electron chi connectivity index (χ2n) is 6.17. The zero-order valence-electron chi connectivity index (χ0n) is 14.9. The van der Waals surface area contributed by atoms with E-state index in [2.05, 4.69) is 42.3 Å². The largest absolute Gasteiger partial charge is 0.325 e. The molecule has 1 heterocycles. The van der Waals surface area contributed by atoms with E-state index < -0.39 is 0 Å². The number of carbonyl (C=O) groups is 1. The van der Waals surface area contributed by atoms with Gasteiger partial charge in [-0.25, -0.2) is 4.98 Å². The van der Waals surface area contributed by atoms with Crippen molar-refractivity contribution in [1.29, 1.82) is 0 Å². The van der Waals surface area contributed by atoms with Crippen LogP contribution in [0.3, 0.4) is 0 Å². The number of aromatic nitrogens is 2. The molecule has 0 radical (unpaired) electrons. The Labute approximate surface area is 162 Å². The Morgan fingerprint density at radius 3 is 2.69 bits per heavy atom. The van der Waals surface area contributed by atoms with Gasteiger partial charge in [0.2, 0.25) is 5.91 Å². The van der Waals surface area contributed by atoms with E-state index in [-0.39, 0.29) is 11.7 Å². The molecule has 2 aromatic carbocycles. The zero-order chi connectivity index (χ0) is 18.7. The molecule has 0 aliphatic carbocycles. The van der Waals surface area contributed by atoms with Gasteiger partial charge in [-0.1, -0.05) is 47.1 Å². The number of imidazole rings is 1. The number of nitrogens with one attached hydrogen (secondary N) is 1. The molecule has 3 aromatic rings. The summed E-state index contributed by atoms with van der Waals surface area (Å²) in [5, 5.41) is 4.30. The number of halogens is 1. The highest BCUT2D eigenvalue weighted by Gasteiger charge is 2.11. The van der Waals surface area contributed by atoms with E-state index >= 15 is 0 Å². The van der Waals surface area contributed by atoms with Gasteiger partial charge in [-0.3, -0.25) is 9.36 Å². The zero-order valence-corrected chi connectivity index (χ0v) is 16.5. The summed E-state index contributed by atoms with van der Waals surface area (Å²) in [6.45, 7) is 6.07. The van der Waals surface area contributed by atoms with E-state index in [1.165, 1.54) is 22.9 Å². The molecular weight excluding hydrogens is 366 g/mol. The van der Waals surface area contributed by atoms with Crippen molar-refractivity contribution in [3.05, 3.63) is 70.5 Å². The van der Waals surface area contributed by atoms with Crippen molar-refractivity contribution in [1.82, 2.24) is 9.55 Å². The second-order valence-corrected chi connectivity index (χ2v) is 7.52. The average molecular weight is 386 g/mol. The summed E-state index contributed by atoms with van der Waals surface area (Å²) >= 11 is 7.50. The number of hydrogen-bond acceptors (Lipinski definition) is 3. The number of hydrogen-bond donors (Lipinski definition) is 1. The predicted molar refractivity (Wildman–Crippen MR) is 109 cm³/mol. The number of rotatable bonds is 5. The second kappa shape index (κ2) is 7.98. The van der Waals surface area contributed by atoms with Gasteiger partial charge in [-0.05, 0) is 50.1 Å². The van der Waals surface area contributed by atoms with Gasteiger partial charge in [0.25, 0.3) is 0 Å². The van der Waals surface area contributed by atoms with Gasteiger partial charge in [-0.15, -0.1) is 0 Å². The van der Waals surface area contributed by atoms with E-state index in [4.69, 9.17) is 11.6 Å². The lowest BCUT2D eigenvalue weighted by molar-refractivity contribution is -0.113. The number of carbonyl (C=O) groups excluding carboxylic acids is 1. The molecule has 0 aliphatic rings. The normalized spacial score (nSPS) is 10.8. The number of nitrogens with zero attached hydrogens (tertiary/aromatic N) is 2. The first-order valence-corrected chi connectivity index (χ1v) is 9.60. The van der Waals surface area contributed by atoms with Crippen molar-refractivity contribution in [3.8, 4) is 5.69 Å². The number of thioether (sulfide) groups is 1. The van der Waals surface area contributed by atoms with Crippen LogP contribution in [-0.4, -0.2) is 21.2 Å². The molecule has 0 unspecified atom stereocenters. The summed E-state index contributed by atoms with van der Waals surface area (Å²) in [6, 6.07) is 11.8. The summed E-state index contributed by atoms with van der Waals surface area (Å²) in [6.07, 6.45) is 3.66. The molecule has 0 fully saturated rings. The summed E-state index contributed by atoms with van der Waals surface area (Å²) < 4.78 is 2.01. The average Bonchev–Trinajstić information content (AvgIpc) is 3.05. The monoisotopic (exact) mass is 385 g/mol. The molecule has 0 saturated carbocycles. The third-order valence-corrected chi connectivity index (χ3v) is 5.38. The summed E-state index contributed by atoms with van der Waals surface area (Å²) in [5.74, 6) is 0.179. The first-order valence-electron chi connectivity index (χ1n) is 8.24. The van der Waals surface area contributed by atoms with E-state index in [1.54, 1.807) is 12.3 Å². The van der Waals surface area contributed by atoms with Gasteiger partial charge in [0.05, 0.1) is 11.4 Å². The fourth-order valence-corrected chi connectivity index (χ4v) is 3.60. The highest BCUT2D eigenvalue weighted by molar-refractivity contribution is 7.99. The highest BCUT2D eigenvalue weighted by atomic mass is 35.5. The van der Waals surface area contributed by atoms with Crippen molar-refractivity contribution in [3.63, 3.8) is 0 Å². The maximum atomic E-state index is 12.3. The summed E-state index contributed by atoms with van der Waals surface area (Å²) in [7, 11) is 0. The van der Waals surface area contributed by atoms with Crippen LogP contribution in [0.5, 0.6) is 0 Å². The van der Waals surface area contributed by atoms with Crippen LogP contribution in [0.4, 0.5) is 5.69 Å². The van der Waals surface area contributed by atoms with Crippen LogP contribution < -0.4 is 5.32 Å². The minimum Gasteiger partial charge on any atom is -0.325 e. The number of anilines is 1. The van der Waals surface area contributed by atoms with Gasteiger partial charge in [0.1, 0.15) is 0 Å². The van der Waals surface area contributed by atoms with Crippen LogP contribution in [0.1, 0.15) is 16.7 Å². The summed E-state index contributed by atoms with van der Waals surface area (Å²) in [5.41, 5.74) is 5.14. The quantitative estimate of drug-likeness (QED) is 0.615. The molecule has 26 heavy (non-hydrogen) atoms. The minimum atomic E-state index is -0.0925. The molecule has 3 rings (SSSR count). The van der Waals surface area contributed by atoms with Gasteiger partial charge >= 0.3 is 0 Å². The van der Waals surface area contributed by atoms with E-state index in [0.717, 1.165) is 16.4 Å². The van der Waals surface area contributed by atoms with Crippen LogP contribution in [0, 0.1) is 20.8 Å². The van der Waals surface area contributed by atoms with Crippen LogP contribution >= 0.6 is 23.4 Å². The van der Waals surface area contributed by atoms with Crippen LogP contribution in [-0.2, 0) is 4.79 Å². The third kappa shape index (κ3) is 4.29. The highest BCUT2D eigenvalue weighted by Crippen LogP contribution is 2.24. The Morgan fingerprint density at radius 1 is 1.15 bits per heavy atom. The van der Waals surface area contributed by atoms with Gasteiger partial charge in [0, 0.05) is 23.1 Å². The van der Waals surface area contributed by atoms with Crippen LogP contribution in [0.25, 0.3) is 5.69 Å². The Hall–Kier alpha value is -2.24. The predicted octanol–water partition coefficient (Wildman–Crippen LogP) is 5.18. The molecule has 0 spiro atoms. The fraction of sp³-hybridized carbons (Fsp3) is 0.200. The number of aryl methyl sites for hydroxylation is 3. The lowest BCUT2D eigenvalue weighted by Crippen LogP contribution is -2.14. The molecule has 0 atom stereocenters. The third-order valence-electron chi connectivity index (χ3n) is 4.01. The molecule has 1 N–H and O–H groups in total. The first kappa shape index (κ1) is 18.5. The van der Waals surface area contributed by atoms with Gasteiger partial charge < -0.3 is 5.32 Å². The molecule has 0 saturated heterocycles. The fourth-order valence-electron chi connectivity index (χ4n) is 2.65. The number of amides is 1. The minimum absolute atomic E-state index is 0.0925. The Bertz CT molecular complexity index is 952. The number of benzene rings is 2. The molecule has 1 aromatic heterocycles. The van der Waals surface area contributed by atoms with Crippen LogP contribution in [0.2, 0.25) is 5.02 Å². The topological polar surface area (TPSA) is 46.9 Å². The van der Waals surface area contributed by atoms with Gasteiger partial charge in [0.15, 0.2) is 5.16 Å². The first-order chi connectivity index (χ1) is 12.4. The molecule has 134 valence electrons. The van der Waals surface area contributed by atoms with Crippen molar-refractivity contribution >= 4 is 35.0 Å². The molecule has 1 amide bonds. The van der Waals surface area contributed by atoms with Crippen molar-refractivity contribution < 1.29 is 4.79 Å². The Morgan fingerprint density at radius 2 is 1.96 bits per heavy atom. The van der Waals surface area contributed by atoms with Crippen molar-refractivity contribution in [2.45, 2.75) is 25.9 Å². The Balaban J connectivity index is 1.68. The molecule has 6 heteroatoms. The Kier molecular flexibility index (Phi) is 5.69. The molecular formula is C20H20ClN3OS. The standard InChI is InChI=1S/C20H20ClN3OS/c1-13-4-7-18(15(3)10-13)24-9-8-22-20(24)26-12-19(25)23-16-6-5-14(2)17(21)11-16/h4-11H,12H2,1-3H3,(H,23,25). The molecule has 0 bridgehead atoms.